The number of hydrogen-bond acceptors (Lipinski definition) is 3. The second-order valence-electron chi connectivity index (χ2n) is 5.75. The van der Waals surface area contributed by atoms with E-state index in [4.69, 9.17) is 9.47 Å². The SMILES string of the molecule is C=C(CCCC/C=C/C(C)C)OCc1ccc(O)c(OC)c1. The molecule has 0 aliphatic heterocycles. The summed E-state index contributed by atoms with van der Waals surface area (Å²) in [6.07, 6.45) is 8.71. The Morgan fingerprint density at radius 2 is 2.09 bits per heavy atom. The van der Waals surface area contributed by atoms with E-state index in [0.29, 0.717) is 18.3 Å². The molecule has 0 aromatic heterocycles. The van der Waals surface area contributed by atoms with E-state index in [-0.39, 0.29) is 5.75 Å². The van der Waals surface area contributed by atoms with E-state index in [2.05, 4.69) is 32.6 Å². The monoisotopic (exact) mass is 304 g/mol. The molecule has 0 aliphatic rings. The summed E-state index contributed by atoms with van der Waals surface area (Å²) in [6.45, 7) is 8.77. The number of methoxy groups -OCH3 is 1. The minimum atomic E-state index is 0.138. The van der Waals surface area contributed by atoms with Crippen molar-refractivity contribution in [2.45, 2.75) is 46.1 Å². The van der Waals surface area contributed by atoms with Crippen LogP contribution in [0.3, 0.4) is 0 Å². The number of phenolic OH excluding ortho intramolecular Hbond substituents is 1. The van der Waals surface area contributed by atoms with Crippen molar-refractivity contribution in [1.82, 2.24) is 0 Å². The van der Waals surface area contributed by atoms with Crippen LogP contribution in [-0.2, 0) is 11.3 Å². The van der Waals surface area contributed by atoms with Crippen molar-refractivity contribution in [3.63, 3.8) is 0 Å². The molecule has 0 heterocycles. The zero-order chi connectivity index (χ0) is 16.4. The molecule has 0 spiro atoms. The largest absolute Gasteiger partial charge is 0.504 e. The lowest BCUT2D eigenvalue weighted by molar-refractivity contribution is 0.188. The number of allylic oxidation sites excluding steroid dienone is 3. The quantitative estimate of drug-likeness (QED) is 0.366. The van der Waals surface area contributed by atoms with Crippen molar-refractivity contribution in [2.24, 2.45) is 5.92 Å². The maximum absolute atomic E-state index is 9.54. The second kappa shape index (κ2) is 9.93. The summed E-state index contributed by atoms with van der Waals surface area (Å²) in [7, 11) is 1.53. The van der Waals surface area contributed by atoms with Gasteiger partial charge in [0.05, 0.1) is 12.9 Å². The highest BCUT2D eigenvalue weighted by Gasteiger charge is 2.03. The molecule has 0 bridgehead atoms. The van der Waals surface area contributed by atoms with Gasteiger partial charge in [0.15, 0.2) is 11.5 Å². The Bertz CT molecular complexity index is 489. The molecule has 1 rings (SSSR count). The van der Waals surface area contributed by atoms with Crippen molar-refractivity contribution in [3.8, 4) is 11.5 Å². The van der Waals surface area contributed by atoms with Crippen molar-refractivity contribution in [3.05, 3.63) is 48.3 Å². The molecule has 0 radical (unpaired) electrons. The third-order valence-electron chi connectivity index (χ3n) is 3.28. The van der Waals surface area contributed by atoms with Gasteiger partial charge in [0.2, 0.25) is 0 Å². The molecule has 1 N–H and O–H groups in total. The van der Waals surface area contributed by atoms with Crippen LogP contribution in [0.5, 0.6) is 11.5 Å². The van der Waals surface area contributed by atoms with Gasteiger partial charge in [0.25, 0.3) is 0 Å². The number of ether oxygens (including phenoxy) is 2. The summed E-state index contributed by atoms with van der Waals surface area (Å²) in [4.78, 5) is 0. The number of benzene rings is 1. The minimum Gasteiger partial charge on any atom is -0.504 e. The van der Waals surface area contributed by atoms with Crippen LogP contribution >= 0.6 is 0 Å². The smallest absolute Gasteiger partial charge is 0.160 e. The fourth-order valence-corrected chi connectivity index (χ4v) is 2.02. The minimum absolute atomic E-state index is 0.138. The lowest BCUT2D eigenvalue weighted by atomic mass is 10.1. The van der Waals surface area contributed by atoms with E-state index in [1.165, 1.54) is 7.11 Å². The number of rotatable bonds is 10. The number of phenols is 1. The summed E-state index contributed by atoms with van der Waals surface area (Å²) >= 11 is 0. The van der Waals surface area contributed by atoms with Crippen LogP contribution in [0, 0.1) is 5.92 Å². The standard InChI is InChI=1S/C19H28O3/c1-15(2)9-7-5-6-8-10-16(3)22-14-17-11-12-18(20)19(13-17)21-4/h7,9,11-13,15,20H,3,5-6,8,10,14H2,1-2,4H3/b9-7+. The van der Waals surface area contributed by atoms with E-state index in [9.17, 15) is 5.11 Å². The molecule has 3 heteroatoms. The Morgan fingerprint density at radius 3 is 2.77 bits per heavy atom. The number of aromatic hydroxyl groups is 1. The van der Waals surface area contributed by atoms with Gasteiger partial charge < -0.3 is 14.6 Å². The first-order valence-electron chi connectivity index (χ1n) is 7.86. The topological polar surface area (TPSA) is 38.7 Å². The molecule has 122 valence electrons. The fraction of sp³-hybridized carbons (Fsp3) is 0.474. The Kier molecular flexibility index (Phi) is 8.19. The molecular formula is C19H28O3. The Balaban J connectivity index is 2.23. The van der Waals surface area contributed by atoms with Gasteiger partial charge in [-0.3, -0.25) is 0 Å². The number of unbranched alkanes of at least 4 members (excludes halogenated alkanes) is 2. The summed E-state index contributed by atoms with van der Waals surface area (Å²) < 4.78 is 10.7. The molecule has 22 heavy (non-hydrogen) atoms. The van der Waals surface area contributed by atoms with E-state index in [1.807, 2.05) is 6.07 Å². The third kappa shape index (κ3) is 7.21. The highest BCUT2D eigenvalue weighted by atomic mass is 16.5. The zero-order valence-corrected chi connectivity index (χ0v) is 14.0. The maximum Gasteiger partial charge on any atom is 0.160 e. The number of hydrogen-bond donors (Lipinski definition) is 1. The van der Waals surface area contributed by atoms with Gasteiger partial charge in [0, 0.05) is 6.42 Å². The van der Waals surface area contributed by atoms with Crippen LogP contribution in [0.4, 0.5) is 0 Å². The first-order chi connectivity index (χ1) is 10.5. The van der Waals surface area contributed by atoms with Gasteiger partial charge in [-0.25, -0.2) is 0 Å². The second-order valence-corrected chi connectivity index (χ2v) is 5.75. The lowest BCUT2D eigenvalue weighted by Crippen LogP contribution is -1.94. The van der Waals surface area contributed by atoms with Crippen molar-refractivity contribution < 1.29 is 14.6 Å². The Hall–Kier alpha value is -1.90. The molecule has 1 aromatic rings. The van der Waals surface area contributed by atoms with Gasteiger partial charge in [-0.2, -0.15) is 0 Å². The van der Waals surface area contributed by atoms with E-state index < -0.39 is 0 Å². The van der Waals surface area contributed by atoms with Gasteiger partial charge >= 0.3 is 0 Å². The third-order valence-corrected chi connectivity index (χ3v) is 3.28. The molecular weight excluding hydrogens is 276 g/mol. The molecule has 0 amide bonds. The average molecular weight is 304 g/mol. The van der Waals surface area contributed by atoms with Gasteiger partial charge in [-0.05, 0) is 42.9 Å². The first kappa shape index (κ1) is 18.1. The van der Waals surface area contributed by atoms with Crippen LogP contribution in [0.15, 0.2) is 42.7 Å². The molecule has 0 aliphatic carbocycles. The van der Waals surface area contributed by atoms with Crippen molar-refractivity contribution in [1.29, 1.82) is 0 Å². The molecule has 0 saturated heterocycles. The van der Waals surface area contributed by atoms with Crippen LogP contribution in [-0.4, -0.2) is 12.2 Å². The summed E-state index contributed by atoms with van der Waals surface area (Å²) in [5.41, 5.74) is 0.954. The normalized spacial score (nSPS) is 11.1. The van der Waals surface area contributed by atoms with Crippen LogP contribution in [0.1, 0.15) is 45.1 Å². The van der Waals surface area contributed by atoms with Crippen LogP contribution in [0.25, 0.3) is 0 Å². The summed E-state index contributed by atoms with van der Waals surface area (Å²) in [6, 6.07) is 5.21. The Morgan fingerprint density at radius 1 is 1.32 bits per heavy atom. The van der Waals surface area contributed by atoms with Crippen molar-refractivity contribution >= 4 is 0 Å². The molecule has 3 nitrogen and oxygen atoms in total. The Labute approximate surface area is 134 Å². The lowest BCUT2D eigenvalue weighted by Gasteiger charge is -2.10. The summed E-state index contributed by atoms with van der Waals surface area (Å²) in [5, 5.41) is 9.54. The summed E-state index contributed by atoms with van der Waals surface area (Å²) in [5.74, 6) is 2.03. The zero-order valence-electron chi connectivity index (χ0n) is 14.0. The molecule has 0 unspecified atom stereocenters. The predicted octanol–water partition coefficient (Wildman–Crippen LogP) is 5.20. The van der Waals surface area contributed by atoms with Gasteiger partial charge in [0.1, 0.15) is 6.61 Å². The van der Waals surface area contributed by atoms with Crippen LogP contribution in [0.2, 0.25) is 0 Å². The molecule has 0 saturated carbocycles. The fourth-order valence-electron chi connectivity index (χ4n) is 2.02. The van der Waals surface area contributed by atoms with Crippen molar-refractivity contribution in [2.75, 3.05) is 7.11 Å². The average Bonchev–Trinajstić information content (AvgIpc) is 2.49. The van der Waals surface area contributed by atoms with E-state index in [1.54, 1.807) is 12.1 Å². The van der Waals surface area contributed by atoms with Crippen LogP contribution < -0.4 is 4.74 Å². The van der Waals surface area contributed by atoms with Gasteiger partial charge in [-0.15, -0.1) is 0 Å². The molecule has 1 aromatic carbocycles. The highest BCUT2D eigenvalue weighted by Crippen LogP contribution is 2.26. The molecule has 0 atom stereocenters. The maximum atomic E-state index is 9.54. The predicted molar refractivity (Wildman–Crippen MR) is 91.0 cm³/mol. The highest BCUT2D eigenvalue weighted by molar-refractivity contribution is 5.41. The van der Waals surface area contributed by atoms with Gasteiger partial charge in [-0.1, -0.05) is 38.6 Å². The molecule has 0 fully saturated rings. The van der Waals surface area contributed by atoms with E-state index >= 15 is 0 Å². The van der Waals surface area contributed by atoms with E-state index in [0.717, 1.165) is 37.0 Å². The first-order valence-corrected chi connectivity index (χ1v) is 7.86.